The van der Waals surface area contributed by atoms with Crippen molar-refractivity contribution in [3.05, 3.63) is 63.3 Å². The van der Waals surface area contributed by atoms with Gasteiger partial charge in [0.05, 0.1) is 23.8 Å². The molecule has 1 fully saturated rings. The molecule has 1 N–H and O–H groups in total. The van der Waals surface area contributed by atoms with Gasteiger partial charge in [-0.05, 0) is 38.4 Å². The Labute approximate surface area is 165 Å². The molecule has 0 spiro atoms. The third-order valence-electron chi connectivity index (χ3n) is 6.00. The van der Waals surface area contributed by atoms with E-state index in [0.29, 0.717) is 31.5 Å². The molecule has 0 bridgehead atoms. The topological polar surface area (TPSA) is 69.3 Å². The Morgan fingerprint density at radius 1 is 1.21 bits per heavy atom. The quantitative estimate of drug-likeness (QED) is 0.885. The van der Waals surface area contributed by atoms with Gasteiger partial charge < -0.3 is 9.88 Å². The summed E-state index contributed by atoms with van der Waals surface area (Å²) in [6, 6.07) is 10.2. The molecule has 148 valence electrons. The lowest BCUT2D eigenvalue weighted by atomic mass is 10.0. The summed E-state index contributed by atoms with van der Waals surface area (Å²) in [7, 11) is 2.09. The molecule has 2 aliphatic heterocycles. The standard InChI is InChI=1S/C22H28N4O2/c1-25-13-6-5-9-19(25)21-23-18-12-14-26(15-17(18)22(28)24-21)20(27)11-10-16-7-3-2-4-8-16/h2-4,7-8,19H,5-6,9-15H2,1H3,(H,23,24,28). The maximum Gasteiger partial charge on any atom is 0.256 e. The van der Waals surface area contributed by atoms with Gasteiger partial charge in [0.25, 0.3) is 5.56 Å². The van der Waals surface area contributed by atoms with Crippen LogP contribution in [0.1, 0.15) is 54.4 Å². The predicted octanol–water partition coefficient (Wildman–Crippen LogP) is 2.44. The number of nitrogens with zero attached hydrogens (tertiary/aromatic N) is 3. The van der Waals surface area contributed by atoms with E-state index in [-0.39, 0.29) is 17.5 Å². The minimum absolute atomic E-state index is 0.0838. The number of aryl methyl sites for hydroxylation is 1. The summed E-state index contributed by atoms with van der Waals surface area (Å²) in [5.41, 5.74) is 2.60. The number of carbonyl (C=O) groups is 1. The van der Waals surface area contributed by atoms with Crippen LogP contribution in [0.3, 0.4) is 0 Å². The molecule has 1 saturated heterocycles. The van der Waals surface area contributed by atoms with Crippen LogP contribution in [0.15, 0.2) is 35.1 Å². The number of aromatic nitrogens is 2. The molecule has 1 aromatic carbocycles. The lowest BCUT2D eigenvalue weighted by Crippen LogP contribution is -2.41. The zero-order valence-corrected chi connectivity index (χ0v) is 16.5. The Balaban J connectivity index is 1.45. The second-order valence-corrected chi connectivity index (χ2v) is 7.92. The molecule has 2 aliphatic rings. The first-order valence-corrected chi connectivity index (χ1v) is 10.3. The minimum atomic E-state index is -0.0838. The lowest BCUT2D eigenvalue weighted by Gasteiger charge is -2.33. The maximum absolute atomic E-state index is 12.7. The Hall–Kier alpha value is -2.47. The van der Waals surface area contributed by atoms with E-state index in [2.05, 4.69) is 16.9 Å². The van der Waals surface area contributed by atoms with Gasteiger partial charge in [-0.15, -0.1) is 0 Å². The predicted molar refractivity (Wildman–Crippen MR) is 108 cm³/mol. The normalized spacial score (nSPS) is 20.0. The van der Waals surface area contributed by atoms with Gasteiger partial charge in [0.1, 0.15) is 5.82 Å². The molecule has 0 aliphatic carbocycles. The first-order chi connectivity index (χ1) is 13.6. The summed E-state index contributed by atoms with van der Waals surface area (Å²) in [6.07, 6.45) is 5.24. The molecule has 3 heterocycles. The van der Waals surface area contributed by atoms with Gasteiger partial charge in [-0.1, -0.05) is 36.8 Å². The summed E-state index contributed by atoms with van der Waals surface area (Å²) >= 11 is 0. The van der Waals surface area contributed by atoms with Gasteiger partial charge in [-0.3, -0.25) is 14.5 Å². The zero-order chi connectivity index (χ0) is 19.5. The van der Waals surface area contributed by atoms with E-state index in [1.54, 1.807) is 4.90 Å². The minimum Gasteiger partial charge on any atom is -0.338 e. The first-order valence-electron chi connectivity index (χ1n) is 10.3. The molecule has 6 nitrogen and oxygen atoms in total. The number of piperidine rings is 1. The zero-order valence-electron chi connectivity index (χ0n) is 16.5. The van der Waals surface area contributed by atoms with Gasteiger partial charge >= 0.3 is 0 Å². The fourth-order valence-corrected chi connectivity index (χ4v) is 4.29. The number of amides is 1. The number of fused-ring (bicyclic) bond motifs is 1. The van der Waals surface area contributed by atoms with Crippen molar-refractivity contribution in [2.75, 3.05) is 20.1 Å². The third-order valence-corrected chi connectivity index (χ3v) is 6.00. The van der Waals surface area contributed by atoms with Crippen LogP contribution >= 0.6 is 0 Å². The van der Waals surface area contributed by atoms with Gasteiger partial charge in [-0.2, -0.15) is 0 Å². The van der Waals surface area contributed by atoms with Crippen LogP contribution in [0.4, 0.5) is 0 Å². The van der Waals surface area contributed by atoms with Crippen LogP contribution < -0.4 is 5.56 Å². The van der Waals surface area contributed by atoms with Gasteiger partial charge in [-0.25, -0.2) is 4.98 Å². The van der Waals surface area contributed by atoms with Crippen LogP contribution in [0, 0.1) is 0 Å². The van der Waals surface area contributed by atoms with Crippen LogP contribution in [0.5, 0.6) is 0 Å². The molecular weight excluding hydrogens is 352 g/mol. The number of H-pyrrole nitrogens is 1. The van der Waals surface area contributed by atoms with Crippen molar-refractivity contribution < 1.29 is 4.79 Å². The van der Waals surface area contributed by atoms with Crippen LogP contribution in [-0.2, 0) is 24.2 Å². The van der Waals surface area contributed by atoms with Crippen molar-refractivity contribution in [1.29, 1.82) is 0 Å². The summed E-state index contributed by atoms with van der Waals surface area (Å²) < 4.78 is 0. The fraction of sp³-hybridized carbons (Fsp3) is 0.500. The highest BCUT2D eigenvalue weighted by Gasteiger charge is 2.28. The number of aromatic amines is 1. The van der Waals surface area contributed by atoms with Gasteiger partial charge in [0, 0.05) is 19.4 Å². The average Bonchev–Trinajstić information content (AvgIpc) is 2.73. The lowest BCUT2D eigenvalue weighted by molar-refractivity contribution is -0.132. The van der Waals surface area contributed by atoms with E-state index in [0.717, 1.165) is 36.5 Å². The molecule has 1 atom stereocenters. The van der Waals surface area contributed by atoms with Gasteiger partial charge in [0.2, 0.25) is 5.91 Å². The van der Waals surface area contributed by atoms with Crippen molar-refractivity contribution in [2.24, 2.45) is 0 Å². The Kier molecular flexibility index (Phi) is 5.57. The van der Waals surface area contributed by atoms with Crippen molar-refractivity contribution >= 4 is 5.91 Å². The molecule has 6 heteroatoms. The fourth-order valence-electron chi connectivity index (χ4n) is 4.29. The maximum atomic E-state index is 12.7. The van der Waals surface area contributed by atoms with E-state index in [4.69, 9.17) is 4.98 Å². The SMILES string of the molecule is CN1CCCCC1c1nc2c(c(=O)[nH]1)CN(C(=O)CCc1ccccc1)CC2. The number of hydrogen-bond donors (Lipinski definition) is 1. The first kappa shape index (κ1) is 18.9. The summed E-state index contributed by atoms with van der Waals surface area (Å²) in [5, 5.41) is 0. The van der Waals surface area contributed by atoms with E-state index >= 15 is 0 Å². The van der Waals surface area contributed by atoms with E-state index in [1.807, 2.05) is 30.3 Å². The summed E-state index contributed by atoms with van der Waals surface area (Å²) in [6.45, 7) is 2.04. The Bertz CT molecular complexity index is 893. The van der Waals surface area contributed by atoms with Crippen molar-refractivity contribution in [3.63, 3.8) is 0 Å². The number of hydrogen-bond acceptors (Lipinski definition) is 4. The Morgan fingerprint density at radius 2 is 2.04 bits per heavy atom. The molecule has 0 saturated carbocycles. The molecule has 1 unspecified atom stereocenters. The molecular formula is C22H28N4O2. The number of rotatable bonds is 4. The highest BCUT2D eigenvalue weighted by atomic mass is 16.2. The molecule has 28 heavy (non-hydrogen) atoms. The van der Waals surface area contributed by atoms with Crippen LogP contribution in [0.25, 0.3) is 0 Å². The van der Waals surface area contributed by atoms with Crippen LogP contribution in [0.2, 0.25) is 0 Å². The molecule has 0 radical (unpaired) electrons. The monoisotopic (exact) mass is 380 g/mol. The average molecular weight is 380 g/mol. The molecule has 1 amide bonds. The largest absolute Gasteiger partial charge is 0.338 e. The number of carbonyl (C=O) groups excluding carboxylic acids is 1. The summed E-state index contributed by atoms with van der Waals surface area (Å²) in [5.74, 6) is 0.889. The summed E-state index contributed by atoms with van der Waals surface area (Å²) in [4.78, 5) is 37.2. The van der Waals surface area contributed by atoms with Crippen molar-refractivity contribution in [3.8, 4) is 0 Å². The molecule has 4 rings (SSSR count). The Morgan fingerprint density at radius 3 is 2.82 bits per heavy atom. The van der Waals surface area contributed by atoms with Crippen molar-refractivity contribution in [2.45, 2.75) is 51.1 Å². The second kappa shape index (κ2) is 8.27. The van der Waals surface area contributed by atoms with Gasteiger partial charge in [0.15, 0.2) is 0 Å². The smallest absolute Gasteiger partial charge is 0.256 e. The highest BCUT2D eigenvalue weighted by molar-refractivity contribution is 5.76. The second-order valence-electron chi connectivity index (χ2n) is 7.92. The van der Waals surface area contributed by atoms with Crippen LogP contribution in [-0.4, -0.2) is 45.8 Å². The highest BCUT2D eigenvalue weighted by Crippen LogP contribution is 2.27. The van der Waals surface area contributed by atoms with Crippen molar-refractivity contribution in [1.82, 2.24) is 19.8 Å². The molecule has 2 aromatic rings. The van der Waals surface area contributed by atoms with E-state index in [9.17, 15) is 9.59 Å². The number of likely N-dealkylation sites (tertiary alicyclic amines) is 1. The number of nitrogens with one attached hydrogen (secondary N) is 1. The molecule has 1 aromatic heterocycles. The number of benzene rings is 1. The third kappa shape index (κ3) is 4.02. The van der Waals surface area contributed by atoms with E-state index in [1.165, 1.54) is 12.8 Å². The van der Waals surface area contributed by atoms with E-state index < -0.39 is 0 Å².